The van der Waals surface area contributed by atoms with Crippen LogP contribution in [0.15, 0.2) is 12.2 Å². The normalized spacial score (nSPS) is 13.6. The summed E-state index contributed by atoms with van der Waals surface area (Å²) in [6.45, 7) is 4.20. The van der Waals surface area contributed by atoms with Gasteiger partial charge in [-0.15, -0.1) is 0 Å². The molecule has 0 fully saturated rings. The molecule has 50 heavy (non-hydrogen) atoms. The van der Waals surface area contributed by atoms with Crippen molar-refractivity contribution in [2.75, 3.05) is 6.61 Å². The first-order valence-corrected chi connectivity index (χ1v) is 22.5. The van der Waals surface area contributed by atoms with E-state index in [1.54, 1.807) is 6.08 Å². The lowest BCUT2D eigenvalue weighted by Gasteiger charge is -2.21. The third-order valence-electron chi connectivity index (χ3n) is 10.6. The topological polar surface area (TPSA) is 89.8 Å². The van der Waals surface area contributed by atoms with Crippen molar-refractivity contribution in [3.05, 3.63) is 12.2 Å². The van der Waals surface area contributed by atoms with E-state index in [0.29, 0.717) is 6.42 Å². The van der Waals surface area contributed by atoms with Crippen LogP contribution in [0, 0.1) is 0 Å². The molecule has 0 aromatic rings. The zero-order chi connectivity index (χ0) is 36.6. The number of amides is 1. The fourth-order valence-electron chi connectivity index (χ4n) is 7.07. The molecular formula is C45H89NO4. The molecule has 5 nitrogen and oxygen atoms in total. The molecular weight excluding hydrogens is 618 g/mol. The Kier molecular flexibility index (Phi) is 40.1. The molecule has 0 saturated heterocycles. The predicted octanol–water partition coefficient (Wildman–Crippen LogP) is 12.8. The smallest absolute Gasteiger partial charge is 0.249 e. The zero-order valence-electron chi connectivity index (χ0n) is 33.8. The van der Waals surface area contributed by atoms with Crippen LogP contribution in [-0.4, -0.2) is 46.1 Å². The number of allylic oxidation sites excluding steroid dienone is 1. The van der Waals surface area contributed by atoms with Gasteiger partial charge in [0.15, 0.2) is 0 Å². The lowest BCUT2D eigenvalue weighted by Crippen LogP contribution is -2.48. The predicted molar refractivity (Wildman–Crippen MR) is 218 cm³/mol. The monoisotopic (exact) mass is 708 g/mol. The molecule has 0 aliphatic heterocycles. The molecule has 3 unspecified atom stereocenters. The first-order valence-electron chi connectivity index (χ1n) is 22.5. The summed E-state index contributed by atoms with van der Waals surface area (Å²) in [7, 11) is 0. The van der Waals surface area contributed by atoms with Crippen molar-refractivity contribution in [1.29, 1.82) is 0 Å². The molecule has 0 radical (unpaired) electrons. The average Bonchev–Trinajstić information content (AvgIpc) is 3.12. The highest BCUT2D eigenvalue weighted by Gasteiger charge is 2.22. The summed E-state index contributed by atoms with van der Waals surface area (Å²) in [6.07, 6.45) is 48.1. The fraction of sp³-hybridized carbons (Fsp3) is 0.933. The van der Waals surface area contributed by atoms with Gasteiger partial charge in [0.2, 0.25) is 5.91 Å². The Balaban J connectivity index is 3.63. The van der Waals surface area contributed by atoms with Gasteiger partial charge in [-0.1, -0.05) is 238 Å². The number of carbonyl (C=O) groups excluding carboxylic acids is 1. The maximum absolute atomic E-state index is 12.5. The minimum Gasteiger partial charge on any atom is -0.394 e. The van der Waals surface area contributed by atoms with Crippen molar-refractivity contribution >= 4 is 5.91 Å². The van der Waals surface area contributed by atoms with E-state index in [0.717, 1.165) is 32.1 Å². The molecule has 4 N–H and O–H groups in total. The van der Waals surface area contributed by atoms with Crippen LogP contribution in [-0.2, 0) is 4.79 Å². The number of unbranched alkanes of at least 4 members (excludes halogenated alkanes) is 33. The second-order valence-corrected chi connectivity index (χ2v) is 15.6. The highest BCUT2D eigenvalue weighted by molar-refractivity contribution is 5.80. The Morgan fingerprint density at radius 2 is 0.780 bits per heavy atom. The van der Waals surface area contributed by atoms with E-state index in [1.165, 1.54) is 193 Å². The Morgan fingerprint density at radius 1 is 0.480 bits per heavy atom. The Bertz CT molecular complexity index is 699. The molecule has 1 amide bonds. The van der Waals surface area contributed by atoms with Crippen LogP contribution >= 0.6 is 0 Å². The summed E-state index contributed by atoms with van der Waals surface area (Å²) >= 11 is 0. The minimum atomic E-state index is -1.09. The molecule has 0 rings (SSSR count). The highest BCUT2D eigenvalue weighted by atomic mass is 16.3. The van der Waals surface area contributed by atoms with Crippen LogP contribution in [0.5, 0.6) is 0 Å². The van der Waals surface area contributed by atoms with Gasteiger partial charge in [-0.3, -0.25) is 4.79 Å². The van der Waals surface area contributed by atoms with E-state index in [2.05, 4.69) is 19.2 Å². The van der Waals surface area contributed by atoms with Gasteiger partial charge >= 0.3 is 0 Å². The third kappa shape index (κ3) is 35.5. The molecule has 0 heterocycles. The Hall–Kier alpha value is -0.910. The number of hydrogen-bond acceptors (Lipinski definition) is 4. The summed E-state index contributed by atoms with van der Waals surface area (Å²) in [6, 6.07) is -0.792. The molecule has 3 atom stereocenters. The number of hydrogen-bond donors (Lipinski definition) is 4. The maximum atomic E-state index is 12.5. The van der Waals surface area contributed by atoms with Gasteiger partial charge in [0, 0.05) is 0 Å². The van der Waals surface area contributed by atoms with Gasteiger partial charge in [-0.2, -0.15) is 0 Å². The van der Waals surface area contributed by atoms with Crippen LogP contribution in [0.1, 0.15) is 245 Å². The van der Waals surface area contributed by atoms with Gasteiger partial charge in [-0.25, -0.2) is 0 Å². The molecule has 0 aromatic carbocycles. The van der Waals surface area contributed by atoms with Crippen LogP contribution in [0.25, 0.3) is 0 Å². The molecule has 0 bridgehead atoms. The van der Waals surface area contributed by atoms with Crippen molar-refractivity contribution in [3.63, 3.8) is 0 Å². The minimum absolute atomic E-state index is 0.359. The van der Waals surface area contributed by atoms with Crippen molar-refractivity contribution < 1.29 is 20.1 Å². The van der Waals surface area contributed by atoms with Crippen LogP contribution in [0.2, 0.25) is 0 Å². The van der Waals surface area contributed by atoms with Crippen LogP contribution in [0.3, 0.4) is 0 Å². The molecule has 5 heteroatoms. The summed E-state index contributed by atoms with van der Waals surface area (Å²) in [5.74, 6) is -0.499. The van der Waals surface area contributed by atoms with Gasteiger partial charge in [0.05, 0.1) is 18.8 Å². The zero-order valence-corrected chi connectivity index (χ0v) is 33.8. The third-order valence-corrected chi connectivity index (χ3v) is 10.6. The molecule has 0 aliphatic rings. The number of carbonyl (C=O) groups is 1. The molecule has 0 saturated carbocycles. The van der Waals surface area contributed by atoms with Crippen LogP contribution < -0.4 is 5.32 Å². The number of aliphatic hydroxyl groups excluding tert-OH is 3. The summed E-state index contributed by atoms with van der Waals surface area (Å²) in [5.41, 5.74) is 0. The first-order chi connectivity index (χ1) is 24.6. The quantitative estimate of drug-likeness (QED) is 0.0376. The molecule has 298 valence electrons. The Morgan fingerprint density at radius 3 is 1.10 bits per heavy atom. The standard InChI is InChI=1S/C45H89NO4/c1-3-5-7-9-11-13-15-17-19-21-22-23-24-26-27-29-31-33-35-37-39-43(48)42(41-47)46-45(50)44(49)40-38-36-34-32-30-28-25-20-18-16-14-12-10-8-6-4-2/h37,39,42-44,47-49H,3-36,38,40-41H2,1-2H3,(H,46,50)/b39-37+. The van der Waals surface area contributed by atoms with Crippen molar-refractivity contribution in [3.8, 4) is 0 Å². The number of rotatable bonds is 41. The summed E-state index contributed by atoms with van der Waals surface area (Å²) in [5, 5.41) is 33.2. The molecule has 0 aromatic heterocycles. The number of aliphatic hydroxyl groups is 3. The number of nitrogens with one attached hydrogen (secondary N) is 1. The highest BCUT2D eigenvalue weighted by Crippen LogP contribution is 2.16. The summed E-state index contributed by atoms with van der Waals surface area (Å²) in [4.78, 5) is 12.5. The first kappa shape index (κ1) is 49.1. The molecule has 0 aliphatic carbocycles. The lowest BCUT2D eigenvalue weighted by atomic mass is 10.0. The van der Waals surface area contributed by atoms with Gasteiger partial charge in [-0.05, 0) is 19.3 Å². The largest absolute Gasteiger partial charge is 0.394 e. The van der Waals surface area contributed by atoms with Gasteiger partial charge in [0.1, 0.15) is 6.10 Å². The van der Waals surface area contributed by atoms with Crippen molar-refractivity contribution in [2.24, 2.45) is 0 Å². The average molecular weight is 708 g/mol. The van der Waals surface area contributed by atoms with E-state index in [9.17, 15) is 20.1 Å². The maximum Gasteiger partial charge on any atom is 0.249 e. The van der Waals surface area contributed by atoms with Gasteiger partial charge < -0.3 is 20.6 Å². The van der Waals surface area contributed by atoms with E-state index < -0.39 is 24.2 Å². The lowest BCUT2D eigenvalue weighted by molar-refractivity contribution is -0.131. The summed E-state index contributed by atoms with van der Waals surface area (Å²) < 4.78 is 0. The molecule has 0 spiro atoms. The van der Waals surface area contributed by atoms with Crippen molar-refractivity contribution in [1.82, 2.24) is 5.32 Å². The van der Waals surface area contributed by atoms with E-state index in [-0.39, 0.29) is 6.61 Å². The second-order valence-electron chi connectivity index (χ2n) is 15.6. The van der Waals surface area contributed by atoms with Crippen molar-refractivity contribution in [2.45, 2.75) is 263 Å². The van der Waals surface area contributed by atoms with E-state index >= 15 is 0 Å². The fourth-order valence-corrected chi connectivity index (χ4v) is 7.07. The second kappa shape index (κ2) is 40.9. The SMILES string of the molecule is CCCCCCCCCCCCCCCCCCCC/C=C/C(O)C(CO)NC(=O)C(O)CCCCCCCCCCCCCCCCCC. The Labute approximate surface area is 312 Å². The van der Waals surface area contributed by atoms with Gasteiger partial charge in [0.25, 0.3) is 0 Å². The van der Waals surface area contributed by atoms with E-state index in [4.69, 9.17) is 0 Å². The van der Waals surface area contributed by atoms with Crippen LogP contribution in [0.4, 0.5) is 0 Å². The van der Waals surface area contributed by atoms with E-state index in [1.807, 2.05) is 6.08 Å².